The Labute approximate surface area is 94.6 Å². The van der Waals surface area contributed by atoms with Crippen LogP contribution in [0.25, 0.3) is 0 Å². The third-order valence-electron chi connectivity index (χ3n) is 2.43. The van der Waals surface area contributed by atoms with Crippen molar-refractivity contribution >= 4 is 5.97 Å². The Morgan fingerprint density at radius 1 is 1.56 bits per heavy atom. The van der Waals surface area contributed by atoms with Crippen molar-refractivity contribution in [3.63, 3.8) is 0 Å². The van der Waals surface area contributed by atoms with Crippen molar-refractivity contribution in [2.45, 2.75) is 38.8 Å². The summed E-state index contributed by atoms with van der Waals surface area (Å²) in [5, 5.41) is 9.96. The zero-order valence-corrected chi connectivity index (χ0v) is 9.83. The van der Waals surface area contributed by atoms with Crippen LogP contribution < -0.4 is 5.32 Å². The third-order valence-corrected chi connectivity index (χ3v) is 2.43. The van der Waals surface area contributed by atoms with E-state index in [9.17, 15) is 4.79 Å². The number of aromatic amines is 1. The highest BCUT2D eigenvalue weighted by atomic mass is 16.6. The number of fused-ring (bicyclic) bond motifs is 1. The summed E-state index contributed by atoms with van der Waals surface area (Å²) in [6.45, 7) is 6.36. The highest BCUT2D eigenvalue weighted by Gasteiger charge is 2.31. The van der Waals surface area contributed by atoms with Gasteiger partial charge in [0.15, 0.2) is 0 Å². The normalized spacial score (nSPS) is 20.3. The van der Waals surface area contributed by atoms with Crippen LogP contribution in [0.5, 0.6) is 0 Å². The molecule has 1 aliphatic rings. The fourth-order valence-electron chi connectivity index (χ4n) is 1.79. The summed E-state index contributed by atoms with van der Waals surface area (Å²) in [6.07, 6.45) is 2.67. The van der Waals surface area contributed by atoms with E-state index >= 15 is 0 Å². The van der Waals surface area contributed by atoms with Crippen molar-refractivity contribution in [3.05, 3.63) is 17.5 Å². The standard InChI is InChI=1S/C11H17N3O2/c1-11(2,3)16-10(15)9-8-7(4-5-12-9)6-13-14-8/h6,9,12H,4-5H2,1-3H3,(H,13,14). The van der Waals surface area contributed by atoms with Gasteiger partial charge in [-0.1, -0.05) is 0 Å². The average Bonchev–Trinajstić information content (AvgIpc) is 2.61. The molecule has 2 rings (SSSR count). The lowest BCUT2D eigenvalue weighted by molar-refractivity contribution is -0.158. The molecule has 1 aromatic rings. The molecule has 1 unspecified atom stereocenters. The first-order chi connectivity index (χ1) is 7.47. The minimum Gasteiger partial charge on any atom is -0.459 e. The van der Waals surface area contributed by atoms with Gasteiger partial charge in [0.2, 0.25) is 0 Å². The number of nitrogens with zero attached hydrogens (tertiary/aromatic N) is 1. The minimum absolute atomic E-state index is 0.252. The molecule has 1 aliphatic heterocycles. The second-order valence-corrected chi connectivity index (χ2v) is 4.98. The van der Waals surface area contributed by atoms with Crippen molar-refractivity contribution in [2.24, 2.45) is 0 Å². The maximum Gasteiger partial charge on any atom is 0.329 e. The summed E-state index contributed by atoms with van der Waals surface area (Å²) in [4.78, 5) is 11.9. The monoisotopic (exact) mass is 223 g/mol. The highest BCUT2D eigenvalue weighted by Crippen LogP contribution is 2.23. The number of rotatable bonds is 1. The number of nitrogens with one attached hydrogen (secondary N) is 2. The first-order valence-electron chi connectivity index (χ1n) is 5.46. The first-order valence-corrected chi connectivity index (χ1v) is 5.46. The van der Waals surface area contributed by atoms with Crippen molar-refractivity contribution in [1.82, 2.24) is 15.5 Å². The molecule has 0 fully saturated rings. The van der Waals surface area contributed by atoms with Gasteiger partial charge in [-0.25, -0.2) is 4.79 Å². The van der Waals surface area contributed by atoms with E-state index in [0.717, 1.165) is 24.2 Å². The number of esters is 1. The van der Waals surface area contributed by atoms with E-state index in [1.807, 2.05) is 20.8 Å². The van der Waals surface area contributed by atoms with Gasteiger partial charge in [0, 0.05) is 6.54 Å². The number of aromatic nitrogens is 2. The largest absolute Gasteiger partial charge is 0.459 e. The van der Waals surface area contributed by atoms with Gasteiger partial charge in [-0.3, -0.25) is 10.4 Å². The minimum atomic E-state index is -0.462. The van der Waals surface area contributed by atoms with E-state index < -0.39 is 11.6 Å². The fraction of sp³-hybridized carbons (Fsp3) is 0.636. The average molecular weight is 223 g/mol. The van der Waals surface area contributed by atoms with Crippen LogP contribution in [0.4, 0.5) is 0 Å². The van der Waals surface area contributed by atoms with E-state index in [4.69, 9.17) is 4.74 Å². The third kappa shape index (κ3) is 2.24. The van der Waals surface area contributed by atoms with E-state index in [0.29, 0.717) is 0 Å². The SMILES string of the molecule is CC(C)(C)OC(=O)C1NCCc2cn[nH]c21. The maximum absolute atomic E-state index is 11.9. The van der Waals surface area contributed by atoms with Crippen LogP contribution in [-0.4, -0.2) is 28.3 Å². The molecule has 0 radical (unpaired) electrons. The molecular weight excluding hydrogens is 206 g/mol. The summed E-state index contributed by atoms with van der Waals surface area (Å²) in [5.41, 5.74) is 1.46. The van der Waals surface area contributed by atoms with Crippen molar-refractivity contribution in [2.75, 3.05) is 6.54 Å². The van der Waals surface area contributed by atoms with Gasteiger partial charge in [-0.2, -0.15) is 5.10 Å². The second kappa shape index (κ2) is 3.90. The molecule has 88 valence electrons. The predicted octanol–water partition coefficient (Wildman–Crippen LogP) is 0.938. The highest BCUT2D eigenvalue weighted by molar-refractivity contribution is 5.78. The van der Waals surface area contributed by atoms with Crippen LogP contribution in [0, 0.1) is 0 Å². The summed E-state index contributed by atoms with van der Waals surface area (Å²) < 4.78 is 5.35. The molecule has 16 heavy (non-hydrogen) atoms. The number of hydrogen-bond acceptors (Lipinski definition) is 4. The molecule has 0 amide bonds. The summed E-state index contributed by atoms with van der Waals surface area (Å²) in [7, 11) is 0. The molecule has 0 spiro atoms. The Hall–Kier alpha value is -1.36. The van der Waals surface area contributed by atoms with E-state index in [2.05, 4.69) is 15.5 Å². The Balaban J connectivity index is 2.15. The lowest BCUT2D eigenvalue weighted by Crippen LogP contribution is -2.39. The zero-order valence-electron chi connectivity index (χ0n) is 9.83. The quantitative estimate of drug-likeness (QED) is 0.695. The van der Waals surface area contributed by atoms with Crippen LogP contribution in [0.15, 0.2) is 6.20 Å². The van der Waals surface area contributed by atoms with E-state index in [1.54, 1.807) is 6.20 Å². The summed E-state index contributed by atoms with van der Waals surface area (Å²) in [6, 6.07) is -0.412. The Morgan fingerprint density at radius 3 is 3.00 bits per heavy atom. The number of carbonyl (C=O) groups excluding carboxylic acids is 1. The number of H-pyrrole nitrogens is 1. The fourth-order valence-corrected chi connectivity index (χ4v) is 1.79. The second-order valence-electron chi connectivity index (χ2n) is 4.98. The predicted molar refractivity (Wildman–Crippen MR) is 58.9 cm³/mol. The molecule has 0 saturated heterocycles. The van der Waals surface area contributed by atoms with Crippen molar-refractivity contribution < 1.29 is 9.53 Å². The molecule has 2 N–H and O–H groups in total. The molecule has 0 saturated carbocycles. The molecule has 0 aliphatic carbocycles. The first kappa shape index (κ1) is 11.1. The van der Waals surface area contributed by atoms with Gasteiger partial charge in [-0.15, -0.1) is 0 Å². The van der Waals surface area contributed by atoms with Crippen LogP contribution in [0.1, 0.15) is 38.1 Å². The smallest absolute Gasteiger partial charge is 0.329 e. The van der Waals surface area contributed by atoms with Crippen molar-refractivity contribution in [1.29, 1.82) is 0 Å². The van der Waals surface area contributed by atoms with Gasteiger partial charge in [0.1, 0.15) is 11.6 Å². The van der Waals surface area contributed by atoms with Crippen molar-refractivity contribution in [3.8, 4) is 0 Å². The molecule has 5 nitrogen and oxygen atoms in total. The Morgan fingerprint density at radius 2 is 2.31 bits per heavy atom. The Bertz CT molecular complexity index is 392. The van der Waals surface area contributed by atoms with Gasteiger partial charge < -0.3 is 4.74 Å². The molecule has 5 heteroatoms. The van der Waals surface area contributed by atoms with Gasteiger partial charge >= 0.3 is 5.97 Å². The number of hydrogen-bond donors (Lipinski definition) is 2. The topological polar surface area (TPSA) is 67.0 Å². The lowest BCUT2D eigenvalue weighted by atomic mass is 10.0. The molecule has 1 aromatic heterocycles. The number of ether oxygens (including phenoxy) is 1. The van der Waals surface area contributed by atoms with Crippen LogP contribution in [-0.2, 0) is 16.0 Å². The zero-order chi connectivity index (χ0) is 11.8. The molecule has 0 bridgehead atoms. The Kier molecular flexibility index (Phi) is 2.71. The van der Waals surface area contributed by atoms with Crippen LogP contribution in [0.3, 0.4) is 0 Å². The number of carbonyl (C=O) groups is 1. The van der Waals surface area contributed by atoms with Gasteiger partial charge in [0.25, 0.3) is 0 Å². The van der Waals surface area contributed by atoms with E-state index in [-0.39, 0.29) is 5.97 Å². The molecule has 0 aromatic carbocycles. The van der Waals surface area contributed by atoms with E-state index in [1.165, 1.54) is 0 Å². The van der Waals surface area contributed by atoms with Crippen LogP contribution >= 0.6 is 0 Å². The summed E-state index contributed by atoms with van der Waals surface area (Å²) in [5.74, 6) is -0.252. The molecule has 1 atom stereocenters. The lowest BCUT2D eigenvalue weighted by Gasteiger charge is -2.26. The molecular formula is C11H17N3O2. The molecule has 2 heterocycles. The van der Waals surface area contributed by atoms with Gasteiger partial charge in [0.05, 0.1) is 11.9 Å². The summed E-state index contributed by atoms with van der Waals surface area (Å²) >= 11 is 0. The maximum atomic E-state index is 11.9. The van der Waals surface area contributed by atoms with Crippen LogP contribution in [0.2, 0.25) is 0 Å². The van der Waals surface area contributed by atoms with Gasteiger partial charge in [-0.05, 0) is 32.8 Å².